The second kappa shape index (κ2) is 7.00. The summed E-state index contributed by atoms with van der Waals surface area (Å²) in [6.45, 7) is -0.737. The Balaban J connectivity index is 1.67. The zero-order chi connectivity index (χ0) is 21.9. The van der Waals surface area contributed by atoms with Gasteiger partial charge in [0.1, 0.15) is 0 Å². The van der Waals surface area contributed by atoms with Crippen molar-refractivity contribution in [3.8, 4) is 0 Å². The quantitative estimate of drug-likeness (QED) is 0.532. The summed E-state index contributed by atoms with van der Waals surface area (Å²) in [4.78, 5) is 0. The molecule has 0 amide bonds. The van der Waals surface area contributed by atoms with E-state index in [-0.39, 0.29) is 11.8 Å². The van der Waals surface area contributed by atoms with Crippen LogP contribution in [0.25, 0.3) is 0 Å². The van der Waals surface area contributed by atoms with Crippen molar-refractivity contribution in [2.24, 2.45) is 5.92 Å². The lowest BCUT2D eigenvalue weighted by atomic mass is 9.59. The third-order valence-electron chi connectivity index (χ3n) is 5.85. The molecule has 0 spiro atoms. The molecule has 162 valence electrons. The molecular weight excluding hydrogens is 431 g/mol. The van der Waals surface area contributed by atoms with Crippen LogP contribution in [-0.2, 0) is 14.9 Å². The number of rotatable bonds is 5. The Morgan fingerprint density at radius 3 is 1.83 bits per heavy atom. The monoisotopic (exact) mass is 448 g/mol. The molecule has 1 N–H and O–H groups in total. The van der Waals surface area contributed by atoms with E-state index in [1.807, 2.05) is 36.4 Å². The zero-order valence-electron chi connectivity index (χ0n) is 15.3. The molecule has 5 rings (SSSR count). The molecule has 0 heterocycles. The highest BCUT2D eigenvalue weighted by atomic mass is 32.2. The molecule has 10 heteroatoms. The number of hydrogen-bond acceptors (Lipinski definition) is 3. The zero-order valence-corrected chi connectivity index (χ0v) is 16.1. The van der Waals surface area contributed by atoms with Crippen molar-refractivity contribution in [1.82, 2.24) is 0 Å². The summed E-state index contributed by atoms with van der Waals surface area (Å²) in [7, 11) is -6.32. The molecule has 2 atom stereocenters. The van der Waals surface area contributed by atoms with Gasteiger partial charge in [0.05, 0.1) is 6.61 Å². The molecule has 2 unspecified atom stereocenters. The third-order valence-corrected chi connectivity index (χ3v) is 6.75. The first-order valence-corrected chi connectivity index (χ1v) is 10.6. The fourth-order valence-electron chi connectivity index (χ4n) is 4.66. The van der Waals surface area contributed by atoms with Crippen molar-refractivity contribution in [3.05, 3.63) is 70.8 Å². The predicted molar refractivity (Wildman–Crippen MR) is 97.0 cm³/mol. The summed E-state index contributed by atoms with van der Waals surface area (Å²) in [5.41, 5.74) is 3.86. The summed E-state index contributed by atoms with van der Waals surface area (Å²) < 4.78 is 102. The summed E-state index contributed by atoms with van der Waals surface area (Å²) in [5.74, 6) is -1.06. The maximum absolute atomic E-state index is 13.8. The minimum absolute atomic E-state index is 0.123. The topological polar surface area (TPSA) is 63.6 Å². The minimum atomic E-state index is -6.32. The van der Waals surface area contributed by atoms with Crippen LogP contribution >= 0.6 is 0 Å². The first-order valence-electron chi connectivity index (χ1n) is 9.13. The molecule has 0 aromatic heterocycles. The molecule has 0 aliphatic heterocycles. The van der Waals surface area contributed by atoms with E-state index in [1.54, 1.807) is 12.1 Å². The summed E-state index contributed by atoms with van der Waals surface area (Å²) in [6, 6.07) is 14.9. The van der Waals surface area contributed by atoms with E-state index in [9.17, 15) is 30.4 Å². The molecule has 3 aliphatic carbocycles. The molecule has 0 radical (unpaired) electrons. The van der Waals surface area contributed by atoms with E-state index >= 15 is 0 Å². The van der Waals surface area contributed by atoms with Crippen LogP contribution in [0, 0.1) is 5.92 Å². The van der Waals surface area contributed by atoms with E-state index in [0.717, 1.165) is 22.3 Å². The molecule has 0 saturated carbocycles. The Labute approximate surface area is 169 Å². The van der Waals surface area contributed by atoms with Crippen LogP contribution in [-0.4, -0.2) is 37.1 Å². The van der Waals surface area contributed by atoms with Crippen molar-refractivity contribution in [2.75, 3.05) is 6.61 Å². The van der Waals surface area contributed by atoms with Crippen LogP contribution in [0.2, 0.25) is 0 Å². The van der Waals surface area contributed by atoms with Gasteiger partial charge < -0.3 is 4.74 Å². The Hall–Kier alpha value is -2.04. The van der Waals surface area contributed by atoms with Gasteiger partial charge in [-0.2, -0.15) is 30.4 Å². The maximum atomic E-state index is 13.8. The highest BCUT2D eigenvalue weighted by molar-refractivity contribution is 7.86. The summed E-state index contributed by atoms with van der Waals surface area (Å²) in [6.07, 6.45) is -9.28. The Kier molecular flexibility index (Phi) is 4.94. The molecule has 0 saturated heterocycles. The molecule has 0 fully saturated rings. The predicted octanol–water partition coefficient (Wildman–Crippen LogP) is 4.71. The Bertz CT molecular complexity index is 1020. The van der Waals surface area contributed by atoms with Gasteiger partial charge in [0.25, 0.3) is 0 Å². The average Bonchev–Trinajstić information content (AvgIpc) is 2.66. The number of hydrogen-bond donors (Lipinski definition) is 1. The smallest absolute Gasteiger partial charge is 0.362 e. The van der Waals surface area contributed by atoms with E-state index in [1.165, 1.54) is 0 Å². The van der Waals surface area contributed by atoms with Crippen LogP contribution in [0.5, 0.6) is 0 Å². The highest BCUT2D eigenvalue weighted by Gasteiger charge is 2.64. The van der Waals surface area contributed by atoms with Gasteiger partial charge in [0.2, 0.25) is 6.10 Å². The fraction of sp³-hybridized carbons (Fsp3) is 0.400. The van der Waals surface area contributed by atoms with Gasteiger partial charge >= 0.3 is 21.5 Å². The molecular formula is C20H17F5O4S. The molecule has 2 bridgehead atoms. The summed E-state index contributed by atoms with van der Waals surface area (Å²) >= 11 is 0. The highest BCUT2D eigenvalue weighted by Crippen LogP contribution is 2.55. The van der Waals surface area contributed by atoms with E-state index < -0.39 is 40.2 Å². The lowest BCUT2D eigenvalue weighted by Gasteiger charge is -2.45. The number of ether oxygens (including phenoxy) is 1. The number of halogens is 5. The molecule has 2 aromatic rings. The fourth-order valence-corrected chi connectivity index (χ4v) is 5.13. The molecule has 4 nitrogen and oxygen atoms in total. The largest absolute Gasteiger partial charge is 0.421 e. The van der Waals surface area contributed by atoms with Gasteiger partial charge in [-0.3, -0.25) is 4.55 Å². The SMILES string of the molecule is O=S(=O)(O)C(F)(F)C(OCC1CC2c3ccccc3C1c1ccccc12)C(F)(F)F. The standard InChI is InChI=1S/C20H17F5O4S/c21-19(22,23)18(20(24,25)30(26,27)28)29-10-11-9-16-12-5-1-3-7-14(12)17(11)15-8-4-2-6-13(15)16/h1-8,11,16-18H,9-10H2,(H,26,27,28). The summed E-state index contributed by atoms with van der Waals surface area (Å²) in [5, 5.41) is -5.52. The lowest BCUT2D eigenvalue weighted by Crippen LogP contribution is -2.52. The number of fused-ring (bicyclic) bond motifs is 1. The van der Waals surface area contributed by atoms with Gasteiger partial charge in [-0.25, -0.2) is 0 Å². The molecule has 2 aromatic carbocycles. The van der Waals surface area contributed by atoms with Gasteiger partial charge in [-0.15, -0.1) is 0 Å². The Morgan fingerprint density at radius 2 is 1.40 bits per heavy atom. The van der Waals surface area contributed by atoms with Crippen molar-refractivity contribution in [2.45, 2.75) is 35.8 Å². The van der Waals surface area contributed by atoms with Crippen molar-refractivity contribution in [3.63, 3.8) is 0 Å². The van der Waals surface area contributed by atoms with Crippen molar-refractivity contribution >= 4 is 10.1 Å². The molecule has 30 heavy (non-hydrogen) atoms. The average molecular weight is 448 g/mol. The van der Waals surface area contributed by atoms with E-state index in [0.29, 0.717) is 6.42 Å². The van der Waals surface area contributed by atoms with Crippen LogP contribution in [0.3, 0.4) is 0 Å². The maximum Gasteiger partial charge on any atom is 0.421 e. The third kappa shape index (κ3) is 3.30. The number of benzene rings is 2. The van der Waals surface area contributed by atoms with Crippen molar-refractivity contribution < 1.29 is 39.7 Å². The van der Waals surface area contributed by atoms with E-state index in [4.69, 9.17) is 4.55 Å². The van der Waals surface area contributed by atoms with Gasteiger partial charge in [-0.1, -0.05) is 48.5 Å². The van der Waals surface area contributed by atoms with Gasteiger partial charge in [-0.05, 0) is 34.6 Å². The Morgan fingerprint density at radius 1 is 0.933 bits per heavy atom. The number of alkyl halides is 5. The molecule has 3 aliphatic rings. The van der Waals surface area contributed by atoms with E-state index in [2.05, 4.69) is 4.74 Å². The van der Waals surface area contributed by atoms with Crippen molar-refractivity contribution in [1.29, 1.82) is 0 Å². The second-order valence-corrected chi connectivity index (χ2v) is 9.07. The van der Waals surface area contributed by atoms with Crippen LogP contribution < -0.4 is 0 Å². The lowest BCUT2D eigenvalue weighted by molar-refractivity contribution is -0.267. The van der Waals surface area contributed by atoms with Crippen LogP contribution in [0.4, 0.5) is 22.0 Å². The normalized spacial score (nSPS) is 24.3. The second-order valence-electron chi connectivity index (χ2n) is 7.58. The first-order chi connectivity index (χ1) is 13.9. The van der Waals surface area contributed by atoms with Gasteiger partial charge in [0, 0.05) is 11.8 Å². The minimum Gasteiger partial charge on any atom is -0.362 e. The van der Waals surface area contributed by atoms with Crippen LogP contribution in [0.15, 0.2) is 48.5 Å². The van der Waals surface area contributed by atoms with Crippen LogP contribution in [0.1, 0.15) is 40.5 Å². The first kappa shape index (κ1) is 21.2. The van der Waals surface area contributed by atoms with Gasteiger partial charge in [0.15, 0.2) is 0 Å².